The Morgan fingerprint density at radius 1 is 0.630 bits per heavy atom. The quantitative estimate of drug-likeness (QED) is 0.131. The van der Waals surface area contributed by atoms with Gasteiger partial charge in [0.1, 0.15) is 17.3 Å². The van der Waals surface area contributed by atoms with E-state index in [-0.39, 0.29) is 16.2 Å². The molecule has 54 heavy (non-hydrogen) atoms. The standard InChI is InChI=1S/C49H50N4O/c1-32-26-39(48(5,6)7)46(40(27-32)49(8,9)10)52-31-51(42-20-13-14-21-43(42)52)34-16-15-17-35(29-34)54-36-22-23-38-37-18-11-12-19-41(37)53(44(38)30-36)45-28-33(24-25-50-45)47(2,3)4/h11-30H,1-10H3/i1D3. The van der Waals surface area contributed by atoms with Crippen LogP contribution < -0.4 is 9.30 Å². The molecule has 5 aromatic carbocycles. The average Bonchev–Trinajstić information content (AvgIpc) is 3.69. The van der Waals surface area contributed by atoms with Crippen LogP contribution in [0.25, 0.3) is 50.0 Å². The Hall–Kier alpha value is -5.68. The molecule has 0 amide bonds. The summed E-state index contributed by atoms with van der Waals surface area (Å²) in [4.78, 5) is 4.84. The van der Waals surface area contributed by atoms with E-state index in [1.54, 1.807) is 0 Å². The van der Waals surface area contributed by atoms with Crippen LogP contribution in [0, 0.1) is 13.2 Å². The molecule has 272 valence electrons. The van der Waals surface area contributed by atoms with E-state index in [4.69, 9.17) is 13.8 Å². The summed E-state index contributed by atoms with van der Waals surface area (Å²) >= 11 is 0. The second kappa shape index (κ2) is 12.7. The largest absolute Gasteiger partial charge is 0.458 e. The molecule has 3 heterocycles. The second-order valence-electron chi connectivity index (χ2n) is 17.5. The minimum absolute atomic E-state index is 0.0223. The zero-order valence-corrected chi connectivity index (χ0v) is 32.7. The van der Waals surface area contributed by atoms with Gasteiger partial charge in [-0.2, -0.15) is 0 Å². The second-order valence-corrected chi connectivity index (χ2v) is 17.5. The summed E-state index contributed by atoms with van der Waals surface area (Å²) in [6.07, 6.45) is 5.60. The fourth-order valence-electron chi connectivity index (χ4n) is 7.53. The van der Waals surface area contributed by atoms with E-state index in [9.17, 15) is 0 Å². The highest BCUT2D eigenvalue weighted by Crippen LogP contribution is 2.38. The van der Waals surface area contributed by atoms with Crippen molar-refractivity contribution in [3.63, 3.8) is 0 Å². The lowest BCUT2D eigenvalue weighted by atomic mass is 9.77. The molecule has 0 bridgehead atoms. The highest BCUT2D eigenvalue weighted by Gasteiger charge is 2.29. The van der Waals surface area contributed by atoms with Crippen molar-refractivity contribution in [3.8, 4) is 28.7 Å². The van der Waals surface area contributed by atoms with Crippen molar-refractivity contribution in [1.82, 2.24) is 14.1 Å². The van der Waals surface area contributed by atoms with Crippen molar-refractivity contribution in [2.75, 3.05) is 0 Å². The lowest BCUT2D eigenvalue weighted by molar-refractivity contribution is -0.574. The summed E-state index contributed by atoms with van der Waals surface area (Å²) in [5.41, 5.74) is 8.61. The summed E-state index contributed by atoms with van der Waals surface area (Å²) in [6.45, 7) is 17.2. The minimum Gasteiger partial charge on any atom is -0.458 e. The van der Waals surface area contributed by atoms with E-state index in [0.29, 0.717) is 17.1 Å². The Morgan fingerprint density at radius 2 is 1.30 bits per heavy atom. The van der Waals surface area contributed by atoms with Crippen molar-refractivity contribution in [1.29, 1.82) is 0 Å². The first kappa shape index (κ1) is 31.8. The first-order valence-electron chi connectivity index (χ1n) is 20.2. The molecule has 5 heteroatoms. The van der Waals surface area contributed by atoms with Crippen molar-refractivity contribution >= 4 is 32.8 Å². The van der Waals surface area contributed by atoms with Gasteiger partial charge < -0.3 is 4.74 Å². The molecule has 0 atom stereocenters. The third-order valence-electron chi connectivity index (χ3n) is 10.3. The van der Waals surface area contributed by atoms with Gasteiger partial charge >= 0.3 is 0 Å². The van der Waals surface area contributed by atoms with Crippen molar-refractivity contribution in [2.24, 2.45) is 0 Å². The van der Waals surface area contributed by atoms with Gasteiger partial charge in [-0.05, 0) is 88.3 Å². The Bertz CT molecular complexity index is 2790. The number of fused-ring (bicyclic) bond motifs is 4. The Kier molecular flexibility index (Phi) is 7.50. The topological polar surface area (TPSA) is 35.9 Å². The van der Waals surface area contributed by atoms with E-state index in [1.165, 1.54) is 5.56 Å². The van der Waals surface area contributed by atoms with E-state index in [1.807, 2.05) is 54.7 Å². The number of para-hydroxylation sites is 3. The average molecular weight is 714 g/mol. The van der Waals surface area contributed by atoms with Crippen molar-refractivity contribution in [3.05, 3.63) is 150 Å². The zero-order valence-electron chi connectivity index (χ0n) is 35.7. The smallest absolute Gasteiger partial charge is 0.269 e. The monoisotopic (exact) mass is 713 g/mol. The van der Waals surface area contributed by atoms with Crippen LogP contribution >= 0.6 is 0 Å². The molecule has 0 saturated carbocycles. The molecular formula is C49H50N4O. The molecule has 8 rings (SSSR count). The van der Waals surface area contributed by atoms with E-state index in [2.05, 4.69) is 149 Å². The molecule has 0 unspecified atom stereocenters. The van der Waals surface area contributed by atoms with Gasteiger partial charge in [-0.1, -0.05) is 129 Å². The summed E-state index contributed by atoms with van der Waals surface area (Å²) in [6, 6.07) is 39.0. The SMILES string of the molecule is [2H]C([2H])([2H])c1cc(C(C)(C)C)c(-[n+]2[c-]n(-c3cccc(Oc4ccc5c6ccccc6n(-c6cc(C(C)(C)C)ccn6)c5c4)c3)c3ccccc32)c(C(C)(C)C)c1. The maximum absolute atomic E-state index is 8.34. The number of aromatic nitrogens is 4. The summed E-state index contributed by atoms with van der Waals surface area (Å²) < 4.78 is 38.1. The van der Waals surface area contributed by atoms with Crippen LogP contribution in [-0.4, -0.2) is 14.1 Å². The minimum atomic E-state index is -2.24. The molecule has 0 spiro atoms. The molecule has 8 aromatic rings. The van der Waals surface area contributed by atoms with Crippen molar-refractivity contribution in [2.45, 2.75) is 85.4 Å². The van der Waals surface area contributed by atoms with Gasteiger partial charge in [0.25, 0.3) is 6.33 Å². The van der Waals surface area contributed by atoms with Crippen LogP contribution in [-0.2, 0) is 16.2 Å². The van der Waals surface area contributed by atoms with E-state index >= 15 is 0 Å². The van der Waals surface area contributed by atoms with Gasteiger partial charge in [0.05, 0.1) is 33.4 Å². The molecule has 0 radical (unpaired) electrons. The van der Waals surface area contributed by atoms with Crippen LogP contribution in [0.2, 0.25) is 0 Å². The summed E-state index contributed by atoms with van der Waals surface area (Å²) in [7, 11) is 0. The number of ether oxygens (including phenoxy) is 1. The van der Waals surface area contributed by atoms with Gasteiger partial charge in [-0.3, -0.25) is 13.7 Å². The number of aryl methyl sites for hydroxylation is 1. The molecule has 3 aromatic heterocycles. The third-order valence-corrected chi connectivity index (χ3v) is 10.3. The normalized spacial score (nSPS) is 13.7. The van der Waals surface area contributed by atoms with Crippen LogP contribution in [0.5, 0.6) is 11.5 Å². The molecule has 0 N–H and O–H groups in total. The lowest BCUT2D eigenvalue weighted by Crippen LogP contribution is -2.37. The highest BCUT2D eigenvalue weighted by molar-refractivity contribution is 6.09. The summed E-state index contributed by atoms with van der Waals surface area (Å²) in [5, 5.41) is 2.29. The Labute approximate surface area is 323 Å². The molecule has 5 nitrogen and oxygen atoms in total. The number of imidazole rings is 1. The van der Waals surface area contributed by atoms with Crippen molar-refractivity contribution < 1.29 is 13.4 Å². The van der Waals surface area contributed by atoms with Crippen LogP contribution in [0.3, 0.4) is 0 Å². The summed E-state index contributed by atoms with van der Waals surface area (Å²) in [5.74, 6) is 2.27. The molecule has 0 aliphatic rings. The predicted molar refractivity (Wildman–Crippen MR) is 223 cm³/mol. The zero-order chi connectivity index (χ0) is 40.7. The first-order chi connectivity index (χ1) is 26.8. The van der Waals surface area contributed by atoms with Crippen LogP contribution in [0.1, 0.15) is 88.7 Å². The molecule has 0 saturated heterocycles. The molecule has 0 aliphatic carbocycles. The van der Waals surface area contributed by atoms with E-state index in [0.717, 1.165) is 61.2 Å². The molecule has 0 aliphatic heterocycles. The molecule has 0 fully saturated rings. The van der Waals surface area contributed by atoms with Gasteiger partial charge in [0.2, 0.25) is 0 Å². The Balaban J connectivity index is 1.25. The fourth-order valence-corrected chi connectivity index (χ4v) is 7.53. The highest BCUT2D eigenvalue weighted by atomic mass is 16.5. The third kappa shape index (κ3) is 6.26. The van der Waals surface area contributed by atoms with Crippen LogP contribution in [0.15, 0.2) is 121 Å². The number of hydrogen-bond donors (Lipinski definition) is 0. The van der Waals surface area contributed by atoms with Gasteiger partial charge in [0, 0.05) is 27.1 Å². The number of rotatable bonds is 5. The maximum atomic E-state index is 8.34. The van der Waals surface area contributed by atoms with Gasteiger partial charge in [-0.25, -0.2) is 4.98 Å². The Morgan fingerprint density at radius 3 is 2.00 bits per heavy atom. The number of hydrogen-bond acceptors (Lipinski definition) is 2. The van der Waals surface area contributed by atoms with Gasteiger partial charge in [0.15, 0.2) is 0 Å². The number of benzene rings is 5. The fraction of sp³-hybridized carbons (Fsp3) is 0.265. The van der Waals surface area contributed by atoms with E-state index < -0.39 is 6.85 Å². The maximum Gasteiger partial charge on any atom is 0.269 e. The number of nitrogens with zero attached hydrogens (tertiary/aromatic N) is 4. The van der Waals surface area contributed by atoms with Crippen LogP contribution in [0.4, 0.5) is 0 Å². The predicted octanol–water partition coefficient (Wildman–Crippen LogP) is 12.2. The first-order valence-corrected chi connectivity index (χ1v) is 18.7. The molecular weight excluding hydrogens is 661 g/mol. The number of pyridine rings is 1. The van der Waals surface area contributed by atoms with Gasteiger partial charge in [-0.15, -0.1) is 0 Å². The lowest BCUT2D eigenvalue weighted by Gasteiger charge is -2.31.